The molecule has 3 amide bonds. The van der Waals surface area contributed by atoms with Crippen LogP contribution in [0.3, 0.4) is 0 Å². The molecule has 14 heteroatoms. The number of fused-ring (bicyclic) bond motifs is 1. The van der Waals surface area contributed by atoms with Crippen molar-refractivity contribution in [1.29, 1.82) is 0 Å². The number of sulfonamides is 1. The van der Waals surface area contributed by atoms with Gasteiger partial charge in [0.1, 0.15) is 21.7 Å². The highest BCUT2D eigenvalue weighted by Crippen LogP contribution is 2.35. The molecule has 0 fully saturated rings. The molecule has 0 saturated carbocycles. The maximum Gasteiger partial charge on any atom is 0.323 e. The van der Waals surface area contributed by atoms with Crippen molar-refractivity contribution >= 4 is 44.7 Å². The summed E-state index contributed by atoms with van der Waals surface area (Å²) >= 11 is 1.12. The number of nitrogens with one attached hydrogen (secondary N) is 2. The minimum Gasteiger partial charge on any atom is -0.486 e. The number of hydrogen-bond donors (Lipinski definition) is 3. The summed E-state index contributed by atoms with van der Waals surface area (Å²) in [6, 6.07) is 6.87. The molecule has 1 aliphatic heterocycles. The van der Waals surface area contributed by atoms with Crippen molar-refractivity contribution in [2.45, 2.75) is 44.0 Å². The van der Waals surface area contributed by atoms with E-state index >= 15 is 0 Å². The second kappa shape index (κ2) is 12.0. The van der Waals surface area contributed by atoms with Crippen LogP contribution >= 0.6 is 11.3 Å². The number of aliphatic hydroxyl groups is 1. The van der Waals surface area contributed by atoms with E-state index < -0.39 is 28.2 Å². The Balaban J connectivity index is 1.70. The number of thiophene rings is 1. The van der Waals surface area contributed by atoms with E-state index in [9.17, 15) is 23.1 Å². The van der Waals surface area contributed by atoms with Gasteiger partial charge in [0.15, 0.2) is 11.5 Å². The standard InChI is InChI=1S/C26H33N5O7S2/c1-15-12-31(16(2)14-32)25(33)19-8-6-9-20(27-26(34)28-23-17(3)29-38-18(23)4)24(19)37-21(15)13-30(5)40(35,36)22-10-7-11-39-22/h6-11,15-16,21,32H,12-14H2,1-5H3,(H2,27,28,34)/t15-,16-,21-/m1/s1. The molecule has 2 aromatic heterocycles. The van der Waals surface area contributed by atoms with Crippen LogP contribution in [0.1, 0.15) is 35.7 Å². The molecule has 1 aromatic carbocycles. The number of amides is 3. The average Bonchev–Trinajstić information content (AvgIpc) is 3.57. The van der Waals surface area contributed by atoms with E-state index in [1.54, 1.807) is 55.3 Å². The Morgan fingerprint density at radius 2 is 2.02 bits per heavy atom. The van der Waals surface area contributed by atoms with Gasteiger partial charge < -0.3 is 29.9 Å². The summed E-state index contributed by atoms with van der Waals surface area (Å²) < 4.78 is 39.3. The molecule has 40 heavy (non-hydrogen) atoms. The topological polar surface area (TPSA) is 154 Å². The van der Waals surface area contributed by atoms with Crippen molar-refractivity contribution in [1.82, 2.24) is 14.4 Å². The number of urea groups is 1. The maximum atomic E-state index is 13.6. The van der Waals surface area contributed by atoms with Crippen LogP contribution in [0.25, 0.3) is 0 Å². The normalized spacial score (nSPS) is 18.5. The third-order valence-electron chi connectivity index (χ3n) is 6.81. The minimum absolute atomic E-state index is 0.0179. The molecule has 0 radical (unpaired) electrons. The first-order chi connectivity index (χ1) is 18.9. The quantitative estimate of drug-likeness (QED) is 0.359. The van der Waals surface area contributed by atoms with Crippen molar-refractivity contribution in [2.24, 2.45) is 5.92 Å². The van der Waals surface area contributed by atoms with E-state index in [2.05, 4.69) is 15.8 Å². The molecule has 0 unspecified atom stereocenters. The molecule has 1 aliphatic rings. The summed E-state index contributed by atoms with van der Waals surface area (Å²) in [6.07, 6.45) is -0.700. The predicted molar refractivity (Wildman–Crippen MR) is 150 cm³/mol. The number of aryl methyl sites for hydroxylation is 2. The lowest BCUT2D eigenvalue weighted by Gasteiger charge is -2.38. The van der Waals surface area contributed by atoms with Gasteiger partial charge in [-0.15, -0.1) is 11.3 Å². The fraction of sp³-hybridized carbons (Fsp3) is 0.423. The molecule has 3 N–H and O–H groups in total. The molecule has 12 nitrogen and oxygen atoms in total. The molecule has 0 spiro atoms. The highest BCUT2D eigenvalue weighted by Gasteiger charge is 2.36. The van der Waals surface area contributed by atoms with E-state index in [1.807, 2.05) is 6.92 Å². The first-order valence-corrected chi connectivity index (χ1v) is 15.0. The van der Waals surface area contributed by atoms with Gasteiger partial charge in [0.05, 0.1) is 30.4 Å². The number of benzene rings is 1. The molecule has 3 heterocycles. The van der Waals surface area contributed by atoms with E-state index in [0.717, 1.165) is 11.3 Å². The van der Waals surface area contributed by atoms with Gasteiger partial charge in [0, 0.05) is 19.5 Å². The maximum absolute atomic E-state index is 13.6. The molecule has 4 rings (SSSR count). The van der Waals surface area contributed by atoms with Gasteiger partial charge in [-0.2, -0.15) is 4.31 Å². The van der Waals surface area contributed by atoms with Crippen LogP contribution in [-0.4, -0.2) is 78.7 Å². The van der Waals surface area contributed by atoms with E-state index in [0.29, 0.717) is 17.1 Å². The van der Waals surface area contributed by atoms with E-state index in [-0.39, 0.29) is 52.7 Å². The second-order valence-corrected chi connectivity index (χ2v) is 13.0. The van der Waals surface area contributed by atoms with Crippen LogP contribution in [0.5, 0.6) is 5.75 Å². The Hall–Kier alpha value is -3.46. The van der Waals surface area contributed by atoms with Gasteiger partial charge >= 0.3 is 6.03 Å². The number of rotatable bonds is 8. The fourth-order valence-electron chi connectivity index (χ4n) is 4.40. The summed E-state index contributed by atoms with van der Waals surface area (Å²) in [5, 5.41) is 20.8. The molecule has 0 bridgehead atoms. The Labute approximate surface area is 237 Å². The Kier molecular flexibility index (Phi) is 8.83. The van der Waals surface area contributed by atoms with Gasteiger partial charge in [0.25, 0.3) is 15.9 Å². The van der Waals surface area contributed by atoms with Crippen LogP contribution in [-0.2, 0) is 10.0 Å². The summed E-state index contributed by atoms with van der Waals surface area (Å²) in [4.78, 5) is 28.1. The summed E-state index contributed by atoms with van der Waals surface area (Å²) in [6.45, 7) is 6.89. The smallest absolute Gasteiger partial charge is 0.323 e. The monoisotopic (exact) mass is 591 g/mol. The molecule has 0 aliphatic carbocycles. The van der Waals surface area contributed by atoms with Crippen LogP contribution in [0.4, 0.5) is 16.2 Å². The Morgan fingerprint density at radius 3 is 2.65 bits per heavy atom. The van der Waals surface area contributed by atoms with Crippen molar-refractivity contribution in [2.75, 3.05) is 37.4 Å². The van der Waals surface area contributed by atoms with Crippen LogP contribution in [0.15, 0.2) is 44.4 Å². The first kappa shape index (κ1) is 29.5. The Morgan fingerprint density at radius 1 is 1.27 bits per heavy atom. The average molecular weight is 592 g/mol. The fourth-order valence-corrected chi connectivity index (χ4v) is 6.79. The summed E-state index contributed by atoms with van der Waals surface area (Å²) in [5.41, 5.74) is 1.31. The number of para-hydroxylation sites is 1. The van der Waals surface area contributed by atoms with Gasteiger partial charge in [-0.05, 0) is 44.4 Å². The SMILES string of the molecule is Cc1noc(C)c1NC(=O)Nc1cccc2c1O[C@H](CN(C)S(=O)(=O)c1cccs1)[C@H](C)CN([C@H](C)CO)C2=O. The van der Waals surface area contributed by atoms with Gasteiger partial charge in [-0.3, -0.25) is 4.79 Å². The third kappa shape index (κ3) is 5.99. The molecule has 3 aromatic rings. The van der Waals surface area contributed by atoms with E-state index in [4.69, 9.17) is 9.26 Å². The van der Waals surface area contributed by atoms with Gasteiger partial charge in [-0.1, -0.05) is 24.2 Å². The lowest BCUT2D eigenvalue weighted by Crippen LogP contribution is -2.50. The van der Waals surface area contributed by atoms with Crippen LogP contribution in [0, 0.1) is 19.8 Å². The molecule has 216 valence electrons. The molecular formula is C26H33N5O7S2. The Bertz CT molecular complexity index is 1450. The van der Waals surface area contributed by atoms with Gasteiger partial charge in [-0.25, -0.2) is 13.2 Å². The predicted octanol–water partition coefficient (Wildman–Crippen LogP) is 3.54. The first-order valence-electron chi connectivity index (χ1n) is 12.7. The number of ether oxygens (including phenoxy) is 1. The molecule has 3 atom stereocenters. The van der Waals surface area contributed by atoms with Gasteiger partial charge in [0.2, 0.25) is 0 Å². The number of carbonyl (C=O) groups excluding carboxylic acids is 2. The lowest BCUT2D eigenvalue weighted by molar-refractivity contribution is 0.0389. The third-order valence-corrected chi connectivity index (χ3v) is 10.0. The lowest BCUT2D eigenvalue weighted by atomic mass is 9.99. The number of likely N-dealkylation sites (N-methyl/N-ethyl adjacent to an activating group) is 1. The number of hydrogen-bond acceptors (Lipinski definition) is 9. The number of aliphatic hydroxyl groups excluding tert-OH is 1. The zero-order chi connectivity index (χ0) is 29.2. The van der Waals surface area contributed by atoms with Crippen molar-refractivity contribution in [3.8, 4) is 5.75 Å². The minimum atomic E-state index is -3.77. The zero-order valence-electron chi connectivity index (χ0n) is 22.9. The van der Waals surface area contributed by atoms with E-state index in [1.165, 1.54) is 17.4 Å². The molecular weight excluding hydrogens is 558 g/mol. The summed E-state index contributed by atoms with van der Waals surface area (Å²) in [5.74, 6) is -0.178. The number of aromatic nitrogens is 1. The van der Waals surface area contributed by atoms with Crippen LogP contribution < -0.4 is 15.4 Å². The summed E-state index contributed by atoms with van der Waals surface area (Å²) in [7, 11) is -2.29. The largest absolute Gasteiger partial charge is 0.486 e. The van der Waals surface area contributed by atoms with Crippen molar-refractivity contribution in [3.63, 3.8) is 0 Å². The zero-order valence-corrected chi connectivity index (χ0v) is 24.5. The number of anilines is 2. The van der Waals surface area contributed by atoms with Crippen molar-refractivity contribution in [3.05, 3.63) is 52.7 Å². The second-order valence-electron chi connectivity index (χ2n) is 9.80. The number of nitrogens with zero attached hydrogens (tertiary/aromatic N) is 3. The van der Waals surface area contributed by atoms with Crippen LogP contribution in [0.2, 0.25) is 0 Å². The molecule has 0 saturated heterocycles. The highest BCUT2D eigenvalue weighted by molar-refractivity contribution is 7.91. The van der Waals surface area contributed by atoms with Crippen molar-refractivity contribution < 1.29 is 32.4 Å². The number of carbonyl (C=O) groups is 2. The highest BCUT2D eigenvalue weighted by atomic mass is 32.2.